The predicted molar refractivity (Wildman–Crippen MR) is 77.0 cm³/mol. The van der Waals surface area contributed by atoms with Crippen molar-refractivity contribution in [3.63, 3.8) is 0 Å². The van der Waals surface area contributed by atoms with Gasteiger partial charge in [0.1, 0.15) is 0 Å². The molecule has 1 aliphatic carbocycles. The van der Waals surface area contributed by atoms with Gasteiger partial charge in [-0.3, -0.25) is 0 Å². The lowest BCUT2D eigenvalue weighted by Crippen LogP contribution is -2.19. The lowest BCUT2D eigenvalue weighted by Gasteiger charge is -1.99. The second-order valence-electron chi connectivity index (χ2n) is 4.97. The van der Waals surface area contributed by atoms with Crippen LogP contribution in [0.25, 0.3) is 11.3 Å². The van der Waals surface area contributed by atoms with Gasteiger partial charge < -0.3 is 5.32 Å². The summed E-state index contributed by atoms with van der Waals surface area (Å²) in [5, 5.41) is 6.93. The Labute approximate surface area is 112 Å². The monoisotopic (exact) mass is 258 g/mol. The van der Waals surface area contributed by atoms with Crippen molar-refractivity contribution in [3.8, 4) is 11.3 Å². The van der Waals surface area contributed by atoms with Crippen molar-refractivity contribution >= 4 is 11.3 Å². The van der Waals surface area contributed by atoms with Crippen LogP contribution >= 0.6 is 11.3 Å². The van der Waals surface area contributed by atoms with E-state index < -0.39 is 0 Å². The molecular weight excluding hydrogens is 240 g/mol. The van der Waals surface area contributed by atoms with E-state index >= 15 is 0 Å². The minimum atomic E-state index is 0.793. The summed E-state index contributed by atoms with van der Waals surface area (Å²) in [7, 11) is 0. The van der Waals surface area contributed by atoms with Crippen LogP contribution in [-0.2, 0) is 6.42 Å². The van der Waals surface area contributed by atoms with Gasteiger partial charge in [0.05, 0.1) is 10.7 Å². The number of hydrogen-bond donors (Lipinski definition) is 1. The van der Waals surface area contributed by atoms with Crippen molar-refractivity contribution in [1.29, 1.82) is 0 Å². The van der Waals surface area contributed by atoms with Crippen molar-refractivity contribution in [2.24, 2.45) is 0 Å². The quantitative estimate of drug-likeness (QED) is 0.889. The van der Waals surface area contributed by atoms with Crippen LogP contribution in [0, 0.1) is 6.92 Å². The van der Waals surface area contributed by atoms with E-state index in [0.29, 0.717) is 0 Å². The van der Waals surface area contributed by atoms with Gasteiger partial charge in [-0.25, -0.2) is 4.98 Å². The molecule has 18 heavy (non-hydrogen) atoms. The van der Waals surface area contributed by atoms with Gasteiger partial charge in [0, 0.05) is 30.0 Å². The minimum absolute atomic E-state index is 0.793. The molecule has 1 aromatic heterocycles. The highest BCUT2D eigenvalue weighted by Gasteiger charge is 2.19. The first-order chi connectivity index (χ1) is 8.81. The maximum Gasteiger partial charge on any atom is 0.0945 e. The van der Waals surface area contributed by atoms with Crippen molar-refractivity contribution in [1.82, 2.24) is 10.3 Å². The molecule has 0 atom stereocenters. The number of nitrogens with one attached hydrogen (secondary N) is 1. The summed E-state index contributed by atoms with van der Waals surface area (Å²) < 4.78 is 0. The fourth-order valence-corrected chi connectivity index (χ4v) is 2.76. The summed E-state index contributed by atoms with van der Waals surface area (Å²) in [6.07, 6.45) is 3.76. The van der Waals surface area contributed by atoms with Gasteiger partial charge in [-0.1, -0.05) is 29.8 Å². The van der Waals surface area contributed by atoms with Crippen LogP contribution in [0.15, 0.2) is 29.6 Å². The first kappa shape index (κ1) is 11.9. The van der Waals surface area contributed by atoms with Gasteiger partial charge >= 0.3 is 0 Å². The maximum atomic E-state index is 4.71. The fourth-order valence-electron chi connectivity index (χ4n) is 1.95. The maximum absolute atomic E-state index is 4.71. The van der Waals surface area contributed by atoms with Gasteiger partial charge in [0.2, 0.25) is 0 Å². The number of nitrogens with zero attached hydrogens (tertiary/aromatic N) is 1. The molecule has 94 valence electrons. The third-order valence-corrected chi connectivity index (χ3v) is 4.16. The smallest absolute Gasteiger partial charge is 0.0945 e. The highest BCUT2D eigenvalue weighted by Crippen LogP contribution is 2.23. The zero-order valence-corrected chi connectivity index (χ0v) is 11.5. The van der Waals surface area contributed by atoms with E-state index in [1.54, 1.807) is 11.3 Å². The first-order valence-corrected chi connectivity index (χ1v) is 7.44. The molecule has 1 saturated carbocycles. The molecule has 2 nitrogen and oxygen atoms in total. The second kappa shape index (κ2) is 5.21. The van der Waals surface area contributed by atoms with Crippen molar-refractivity contribution in [2.45, 2.75) is 32.2 Å². The Morgan fingerprint density at radius 1 is 1.28 bits per heavy atom. The highest BCUT2D eigenvalue weighted by atomic mass is 32.1. The lowest BCUT2D eigenvalue weighted by atomic mass is 10.1. The first-order valence-electron chi connectivity index (χ1n) is 6.56. The number of thiazole rings is 1. The third-order valence-electron chi connectivity index (χ3n) is 3.25. The summed E-state index contributed by atoms with van der Waals surface area (Å²) in [5.41, 5.74) is 3.63. The van der Waals surface area contributed by atoms with E-state index in [-0.39, 0.29) is 0 Å². The molecule has 0 radical (unpaired) electrons. The number of aromatic nitrogens is 1. The molecule has 1 N–H and O–H groups in total. The molecule has 1 heterocycles. The van der Waals surface area contributed by atoms with E-state index in [4.69, 9.17) is 4.98 Å². The Balaban J connectivity index is 1.62. The predicted octanol–water partition coefficient (Wildman–Crippen LogP) is 3.41. The average Bonchev–Trinajstić information content (AvgIpc) is 3.08. The van der Waals surface area contributed by atoms with Crippen LogP contribution in [0.1, 0.15) is 23.4 Å². The van der Waals surface area contributed by atoms with Crippen molar-refractivity contribution in [3.05, 3.63) is 40.2 Å². The van der Waals surface area contributed by atoms with Crippen LogP contribution in [0.2, 0.25) is 0 Å². The normalized spacial score (nSPS) is 14.9. The SMILES string of the molecule is Cc1ccc(-c2csc(CCNC3CC3)n2)cc1. The van der Waals surface area contributed by atoms with Crippen LogP contribution in [0.4, 0.5) is 0 Å². The molecule has 0 aliphatic heterocycles. The summed E-state index contributed by atoms with van der Waals surface area (Å²) in [4.78, 5) is 4.71. The van der Waals surface area contributed by atoms with Crippen LogP contribution < -0.4 is 5.32 Å². The third kappa shape index (κ3) is 2.98. The number of hydrogen-bond acceptors (Lipinski definition) is 3. The Kier molecular flexibility index (Phi) is 3.43. The Morgan fingerprint density at radius 3 is 2.78 bits per heavy atom. The van der Waals surface area contributed by atoms with Gasteiger partial charge in [-0.2, -0.15) is 0 Å². The molecule has 1 aliphatic rings. The van der Waals surface area contributed by atoms with E-state index in [0.717, 1.165) is 24.7 Å². The Morgan fingerprint density at radius 2 is 2.06 bits per heavy atom. The van der Waals surface area contributed by atoms with Crippen molar-refractivity contribution in [2.75, 3.05) is 6.54 Å². The average molecular weight is 258 g/mol. The van der Waals surface area contributed by atoms with Gasteiger partial charge in [-0.05, 0) is 19.8 Å². The summed E-state index contributed by atoms with van der Waals surface area (Å²) in [6, 6.07) is 9.38. The lowest BCUT2D eigenvalue weighted by molar-refractivity contribution is 0.680. The van der Waals surface area contributed by atoms with Gasteiger partial charge in [0.15, 0.2) is 0 Å². The van der Waals surface area contributed by atoms with Crippen LogP contribution in [0.5, 0.6) is 0 Å². The fraction of sp³-hybridized carbons (Fsp3) is 0.400. The zero-order valence-electron chi connectivity index (χ0n) is 10.6. The van der Waals surface area contributed by atoms with E-state index in [1.807, 2.05) is 0 Å². The molecule has 3 heteroatoms. The molecule has 0 unspecified atom stereocenters. The molecule has 3 rings (SSSR count). The topological polar surface area (TPSA) is 24.9 Å². The molecular formula is C15H18N2S. The number of benzene rings is 1. The van der Waals surface area contributed by atoms with Crippen LogP contribution in [-0.4, -0.2) is 17.6 Å². The minimum Gasteiger partial charge on any atom is -0.314 e. The van der Waals surface area contributed by atoms with Crippen molar-refractivity contribution < 1.29 is 0 Å². The summed E-state index contributed by atoms with van der Waals surface area (Å²) >= 11 is 1.77. The number of aryl methyl sites for hydroxylation is 1. The zero-order chi connectivity index (χ0) is 12.4. The molecule has 0 spiro atoms. The summed E-state index contributed by atoms with van der Waals surface area (Å²) in [5.74, 6) is 0. The van der Waals surface area contributed by atoms with Crippen LogP contribution in [0.3, 0.4) is 0 Å². The molecule has 1 fully saturated rings. The highest BCUT2D eigenvalue weighted by molar-refractivity contribution is 7.09. The van der Waals surface area contributed by atoms with E-state index in [1.165, 1.54) is 29.0 Å². The van der Waals surface area contributed by atoms with E-state index in [9.17, 15) is 0 Å². The summed E-state index contributed by atoms with van der Waals surface area (Å²) in [6.45, 7) is 3.17. The standard InChI is InChI=1S/C15H18N2S/c1-11-2-4-12(5-3-11)14-10-18-15(17-14)8-9-16-13-6-7-13/h2-5,10,13,16H,6-9H2,1H3. The van der Waals surface area contributed by atoms with Gasteiger partial charge in [-0.15, -0.1) is 11.3 Å². The molecule has 1 aromatic carbocycles. The Hall–Kier alpha value is -1.19. The largest absolute Gasteiger partial charge is 0.314 e. The molecule has 2 aromatic rings. The second-order valence-corrected chi connectivity index (χ2v) is 5.91. The van der Waals surface area contributed by atoms with E-state index in [2.05, 4.69) is 41.9 Å². The molecule has 0 amide bonds. The molecule has 0 saturated heterocycles. The molecule has 0 bridgehead atoms. The Bertz CT molecular complexity index is 512. The van der Waals surface area contributed by atoms with Gasteiger partial charge in [0.25, 0.3) is 0 Å². The number of rotatable bonds is 5.